The Morgan fingerprint density at radius 1 is 0.833 bits per heavy atom. The summed E-state index contributed by atoms with van der Waals surface area (Å²) in [5, 5.41) is 1.78. The van der Waals surface area contributed by atoms with Crippen molar-refractivity contribution >= 4 is 37.3 Å². The lowest BCUT2D eigenvalue weighted by Gasteiger charge is -2.22. The fraction of sp³-hybridized carbons (Fsp3) is 0.111. The molecule has 0 aliphatic carbocycles. The molecule has 0 radical (unpaired) electrons. The zero-order chi connectivity index (χ0) is 17.0. The van der Waals surface area contributed by atoms with Crippen LogP contribution in [0.3, 0.4) is 0 Å². The predicted molar refractivity (Wildman–Crippen MR) is 101 cm³/mol. The SMILES string of the molecule is O=S(=O)(c1sccc1Br)N(Cc1ccccc1)Cc1ccccc1. The summed E-state index contributed by atoms with van der Waals surface area (Å²) in [4.78, 5) is 0. The lowest BCUT2D eigenvalue weighted by molar-refractivity contribution is 0.402. The third-order valence-corrected chi connectivity index (χ3v) is 8.00. The number of hydrogen-bond acceptors (Lipinski definition) is 3. The van der Waals surface area contributed by atoms with Gasteiger partial charge in [0.15, 0.2) is 0 Å². The van der Waals surface area contributed by atoms with E-state index in [9.17, 15) is 8.42 Å². The summed E-state index contributed by atoms with van der Waals surface area (Å²) in [5.74, 6) is 0. The van der Waals surface area contributed by atoms with Crippen LogP contribution in [0.25, 0.3) is 0 Å². The number of benzene rings is 2. The highest BCUT2D eigenvalue weighted by Crippen LogP contribution is 2.31. The largest absolute Gasteiger partial charge is 0.254 e. The topological polar surface area (TPSA) is 37.4 Å². The van der Waals surface area contributed by atoms with E-state index in [-0.39, 0.29) is 0 Å². The average molecular weight is 422 g/mol. The van der Waals surface area contributed by atoms with Crippen LogP contribution in [0.4, 0.5) is 0 Å². The molecule has 124 valence electrons. The van der Waals surface area contributed by atoms with Crippen LogP contribution in [0, 0.1) is 0 Å². The minimum Gasteiger partial charge on any atom is -0.206 e. The lowest BCUT2D eigenvalue weighted by atomic mass is 10.2. The van der Waals surface area contributed by atoms with Gasteiger partial charge in [0.05, 0.1) is 0 Å². The third kappa shape index (κ3) is 3.95. The third-order valence-electron chi connectivity index (χ3n) is 3.56. The van der Waals surface area contributed by atoms with E-state index in [0.717, 1.165) is 11.1 Å². The summed E-state index contributed by atoms with van der Waals surface area (Å²) in [5.41, 5.74) is 1.93. The molecule has 24 heavy (non-hydrogen) atoms. The van der Waals surface area contributed by atoms with E-state index in [0.29, 0.717) is 21.8 Å². The molecule has 3 nitrogen and oxygen atoms in total. The molecule has 0 saturated heterocycles. The van der Waals surface area contributed by atoms with Crippen LogP contribution in [0.2, 0.25) is 0 Å². The van der Waals surface area contributed by atoms with Gasteiger partial charge in [-0.15, -0.1) is 11.3 Å². The molecule has 0 atom stereocenters. The van der Waals surface area contributed by atoms with Gasteiger partial charge in [0, 0.05) is 17.6 Å². The standard InChI is InChI=1S/C18H16BrNO2S2/c19-17-11-12-23-18(17)24(21,22)20(13-15-7-3-1-4-8-15)14-16-9-5-2-6-10-16/h1-12H,13-14H2. The molecule has 0 fully saturated rings. The number of halogens is 1. The highest BCUT2D eigenvalue weighted by atomic mass is 79.9. The van der Waals surface area contributed by atoms with Crippen molar-refractivity contribution in [3.8, 4) is 0 Å². The van der Waals surface area contributed by atoms with Crippen molar-refractivity contribution in [1.29, 1.82) is 0 Å². The zero-order valence-corrected chi connectivity index (χ0v) is 16.0. The molecule has 0 bridgehead atoms. The van der Waals surface area contributed by atoms with E-state index in [1.807, 2.05) is 60.7 Å². The van der Waals surface area contributed by atoms with Gasteiger partial charge >= 0.3 is 0 Å². The van der Waals surface area contributed by atoms with Crippen molar-refractivity contribution in [2.75, 3.05) is 0 Å². The van der Waals surface area contributed by atoms with Crippen molar-refractivity contribution in [3.63, 3.8) is 0 Å². The van der Waals surface area contributed by atoms with Crippen LogP contribution in [0.5, 0.6) is 0 Å². The van der Waals surface area contributed by atoms with Crippen molar-refractivity contribution in [1.82, 2.24) is 4.31 Å². The van der Waals surface area contributed by atoms with Gasteiger partial charge in [0.2, 0.25) is 0 Å². The molecule has 3 rings (SSSR count). The van der Waals surface area contributed by atoms with E-state index in [4.69, 9.17) is 0 Å². The second-order valence-corrected chi connectivity index (χ2v) is 9.20. The van der Waals surface area contributed by atoms with Gasteiger partial charge in [-0.2, -0.15) is 4.31 Å². The molecule has 0 aliphatic heterocycles. The fourth-order valence-electron chi connectivity index (χ4n) is 2.38. The van der Waals surface area contributed by atoms with Gasteiger partial charge in [0.1, 0.15) is 4.21 Å². The lowest BCUT2D eigenvalue weighted by Crippen LogP contribution is -2.30. The highest BCUT2D eigenvalue weighted by molar-refractivity contribution is 9.10. The van der Waals surface area contributed by atoms with E-state index in [1.54, 1.807) is 11.4 Å². The van der Waals surface area contributed by atoms with Gasteiger partial charge in [-0.25, -0.2) is 8.42 Å². The van der Waals surface area contributed by atoms with Gasteiger partial charge in [-0.3, -0.25) is 0 Å². The quantitative estimate of drug-likeness (QED) is 0.567. The molecule has 0 saturated carbocycles. The molecule has 0 spiro atoms. The minimum absolute atomic E-state index is 0.336. The molecule has 6 heteroatoms. The highest BCUT2D eigenvalue weighted by Gasteiger charge is 2.28. The Morgan fingerprint density at radius 2 is 1.33 bits per heavy atom. The predicted octanol–water partition coefficient (Wildman–Crippen LogP) is 4.90. The summed E-state index contributed by atoms with van der Waals surface area (Å²) in [6, 6.07) is 21.1. The Morgan fingerprint density at radius 3 is 1.75 bits per heavy atom. The fourth-order valence-corrected chi connectivity index (χ4v) is 6.25. The molecule has 3 aromatic rings. The smallest absolute Gasteiger partial charge is 0.206 e. The Labute approximate surface area is 154 Å². The van der Waals surface area contributed by atoms with Crippen LogP contribution >= 0.6 is 27.3 Å². The van der Waals surface area contributed by atoms with E-state index >= 15 is 0 Å². The number of hydrogen-bond donors (Lipinski definition) is 0. The Balaban J connectivity index is 1.96. The molecule has 1 heterocycles. The van der Waals surface area contributed by atoms with Crippen LogP contribution < -0.4 is 0 Å². The minimum atomic E-state index is -3.58. The molecule has 1 aromatic heterocycles. The summed E-state index contributed by atoms with van der Waals surface area (Å²) in [7, 11) is -3.58. The Hall–Kier alpha value is -1.47. The van der Waals surface area contributed by atoms with Crippen molar-refractivity contribution in [3.05, 3.63) is 87.7 Å². The molecule has 0 amide bonds. The van der Waals surface area contributed by atoms with Crippen molar-refractivity contribution in [2.45, 2.75) is 17.3 Å². The van der Waals surface area contributed by atoms with E-state index in [2.05, 4.69) is 15.9 Å². The first-order chi connectivity index (χ1) is 11.6. The number of nitrogens with zero attached hydrogens (tertiary/aromatic N) is 1. The van der Waals surface area contributed by atoms with Crippen LogP contribution in [-0.2, 0) is 23.1 Å². The van der Waals surface area contributed by atoms with Gasteiger partial charge in [-0.1, -0.05) is 60.7 Å². The summed E-state index contributed by atoms with van der Waals surface area (Å²) < 4.78 is 28.7. The van der Waals surface area contributed by atoms with Gasteiger partial charge in [-0.05, 0) is 38.5 Å². The first-order valence-electron chi connectivity index (χ1n) is 7.38. The maximum Gasteiger partial charge on any atom is 0.254 e. The first-order valence-corrected chi connectivity index (χ1v) is 10.5. The maximum absolute atomic E-state index is 13.1. The maximum atomic E-state index is 13.1. The first kappa shape index (κ1) is 17.4. The van der Waals surface area contributed by atoms with E-state index in [1.165, 1.54) is 15.6 Å². The summed E-state index contributed by atoms with van der Waals surface area (Å²) in [6.07, 6.45) is 0. The van der Waals surface area contributed by atoms with Gasteiger partial charge < -0.3 is 0 Å². The van der Waals surface area contributed by atoms with Gasteiger partial charge in [0.25, 0.3) is 10.0 Å². The average Bonchev–Trinajstić information content (AvgIpc) is 3.03. The number of sulfonamides is 1. The van der Waals surface area contributed by atoms with Crippen molar-refractivity contribution in [2.24, 2.45) is 0 Å². The molecule has 0 N–H and O–H groups in total. The van der Waals surface area contributed by atoms with Crippen LogP contribution in [-0.4, -0.2) is 12.7 Å². The van der Waals surface area contributed by atoms with Crippen molar-refractivity contribution < 1.29 is 8.42 Å². The van der Waals surface area contributed by atoms with Crippen LogP contribution in [0.1, 0.15) is 11.1 Å². The second kappa shape index (κ2) is 7.61. The Bertz CT molecular complexity index is 852. The van der Waals surface area contributed by atoms with E-state index < -0.39 is 10.0 Å². The number of thiophene rings is 1. The zero-order valence-electron chi connectivity index (χ0n) is 12.8. The monoisotopic (exact) mass is 421 g/mol. The molecular weight excluding hydrogens is 406 g/mol. The molecular formula is C18H16BrNO2S2. The molecule has 0 unspecified atom stereocenters. The molecule has 2 aromatic carbocycles. The summed E-state index contributed by atoms with van der Waals surface area (Å²) >= 11 is 4.58. The number of rotatable bonds is 6. The second-order valence-electron chi connectivity index (χ2n) is 5.30. The normalized spacial score (nSPS) is 11.8. The Kier molecular flexibility index (Phi) is 5.50. The van der Waals surface area contributed by atoms with Crippen LogP contribution in [0.15, 0.2) is 80.8 Å². The summed E-state index contributed by atoms with van der Waals surface area (Å²) in [6.45, 7) is 0.671. The molecule has 0 aliphatic rings.